The third-order valence-corrected chi connectivity index (χ3v) is 4.40. The number of anilines is 1. The van der Waals surface area contributed by atoms with E-state index in [1.807, 2.05) is 24.3 Å². The second-order valence-electron chi connectivity index (χ2n) is 4.67. The van der Waals surface area contributed by atoms with Crippen LogP contribution in [0.15, 0.2) is 30.6 Å². The number of rotatable bonds is 3. The minimum atomic E-state index is 0.473. The SMILES string of the molecule is Cc1sc2ncnc(OCc3ccc(N)cc3)c2c1C. The van der Waals surface area contributed by atoms with Gasteiger partial charge in [0.1, 0.15) is 17.8 Å². The van der Waals surface area contributed by atoms with Crippen molar-refractivity contribution in [2.45, 2.75) is 20.5 Å². The fourth-order valence-electron chi connectivity index (χ4n) is 2.03. The van der Waals surface area contributed by atoms with E-state index in [0.29, 0.717) is 12.5 Å². The minimum absolute atomic E-state index is 0.473. The number of nitrogen functional groups attached to an aromatic ring is 1. The highest BCUT2D eigenvalue weighted by atomic mass is 32.1. The molecular formula is C15H15N3OS. The molecule has 0 aliphatic heterocycles. The number of ether oxygens (including phenoxy) is 1. The molecule has 0 atom stereocenters. The van der Waals surface area contributed by atoms with Crippen LogP contribution in [0.5, 0.6) is 5.88 Å². The fourth-order valence-corrected chi connectivity index (χ4v) is 3.01. The van der Waals surface area contributed by atoms with Gasteiger partial charge in [-0.05, 0) is 37.1 Å². The van der Waals surface area contributed by atoms with E-state index in [0.717, 1.165) is 21.5 Å². The Morgan fingerprint density at radius 2 is 1.90 bits per heavy atom. The number of fused-ring (bicyclic) bond motifs is 1. The Morgan fingerprint density at radius 3 is 2.65 bits per heavy atom. The zero-order valence-corrected chi connectivity index (χ0v) is 12.2. The number of nitrogens with two attached hydrogens (primary N) is 1. The Balaban J connectivity index is 1.89. The number of aryl methyl sites for hydroxylation is 2. The Labute approximate surface area is 121 Å². The maximum atomic E-state index is 5.85. The van der Waals surface area contributed by atoms with Gasteiger partial charge in [-0.2, -0.15) is 0 Å². The van der Waals surface area contributed by atoms with Gasteiger partial charge in [0, 0.05) is 10.6 Å². The molecule has 0 saturated carbocycles. The van der Waals surface area contributed by atoms with Gasteiger partial charge in [0.25, 0.3) is 0 Å². The summed E-state index contributed by atoms with van der Waals surface area (Å²) in [5, 5.41) is 1.02. The lowest BCUT2D eigenvalue weighted by molar-refractivity contribution is 0.297. The van der Waals surface area contributed by atoms with Crippen molar-refractivity contribution in [3.63, 3.8) is 0 Å². The molecule has 0 bridgehead atoms. The lowest BCUT2D eigenvalue weighted by atomic mass is 10.2. The van der Waals surface area contributed by atoms with Gasteiger partial charge >= 0.3 is 0 Å². The summed E-state index contributed by atoms with van der Waals surface area (Å²) in [4.78, 5) is 10.8. The van der Waals surface area contributed by atoms with Crippen LogP contribution in [0, 0.1) is 13.8 Å². The Morgan fingerprint density at radius 1 is 1.15 bits per heavy atom. The lowest BCUT2D eigenvalue weighted by Crippen LogP contribution is -1.98. The summed E-state index contributed by atoms with van der Waals surface area (Å²) >= 11 is 1.67. The van der Waals surface area contributed by atoms with Gasteiger partial charge in [-0.15, -0.1) is 11.3 Å². The summed E-state index contributed by atoms with van der Waals surface area (Å²) in [6.07, 6.45) is 1.55. The average Bonchev–Trinajstić information content (AvgIpc) is 2.74. The van der Waals surface area contributed by atoms with Crippen molar-refractivity contribution in [1.82, 2.24) is 9.97 Å². The van der Waals surface area contributed by atoms with Crippen LogP contribution in [0.1, 0.15) is 16.0 Å². The molecule has 0 amide bonds. The fraction of sp³-hybridized carbons (Fsp3) is 0.200. The van der Waals surface area contributed by atoms with Crippen LogP contribution in [-0.2, 0) is 6.61 Å². The molecule has 0 saturated heterocycles. The normalized spacial score (nSPS) is 10.9. The molecule has 20 heavy (non-hydrogen) atoms. The van der Waals surface area contributed by atoms with Gasteiger partial charge in [0.2, 0.25) is 5.88 Å². The van der Waals surface area contributed by atoms with Crippen LogP contribution in [0.25, 0.3) is 10.2 Å². The van der Waals surface area contributed by atoms with Crippen molar-refractivity contribution < 1.29 is 4.74 Å². The van der Waals surface area contributed by atoms with E-state index in [9.17, 15) is 0 Å². The Hall–Kier alpha value is -2.14. The van der Waals surface area contributed by atoms with E-state index < -0.39 is 0 Å². The third-order valence-electron chi connectivity index (χ3n) is 3.29. The summed E-state index contributed by atoms with van der Waals surface area (Å²) in [7, 11) is 0. The number of aromatic nitrogens is 2. The van der Waals surface area contributed by atoms with E-state index in [1.54, 1.807) is 17.7 Å². The van der Waals surface area contributed by atoms with Crippen molar-refractivity contribution in [1.29, 1.82) is 0 Å². The van der Waals surface area contributed by atoms with Crippen molar-refractivity contribution in [2.75, 3.05) is 5.73 Å². The highest BCUT2D eigenvalue weighted by molar-refractivity contribution is 7.18. The van der Waals surface area contributed by atoms with Crippen LogP contribution >= 0.6 is 11.3 Å². The zero-order valence-electron chi connectivity index (χ0n) is 11.4. The molecule has 102 valence electrons. The molecular weight excluding hydrogens is 270 g/mol. The molecule has 1 aromatic carbocycles. The predicted molar refractivity (Wildman–Crippen MR) is 82.1 cm³/mol. The second-order valence-corrected chi connectivity index (χ2v) is 5.88. The van der Waals surface area contributed by atoms with Gasteiger partial charge < -0.3 is 10.5 Å². The van der Waals surface area contributed by atoms with E-state index in [2.05, 4.69) is 23.8 Å². The summed E-state index contributed by atoms with van der Waals surface area (Å²) in [6.45, 7) is 4.64. The quantitative estimate of drug-likeness (QED) is 0.748. The molecule has 3 aromatic rings. The van der Waals surface area contributed by atoms with Crippen molar-refractivity contribution in [2.24, 2.45) is 0 Å². The Kier molecular flexibility index (Phi) is 3.28. The van der Waals surface area contributed by atoms with Crippen LogP contribution in [0.2, 0.25) is 0 Å². The van der Waals surface area contributed by atoms with E-state index >= 15 is 0 Å². The molecule has 2 heterocycles. The maximum Gasteiger partial charge on any atom is 0.225 e. The predicted octanol–water partition coefficient (Wildman–Crippen LogP) is 3.47. The molecule has 4 nitrogen and oxygen atoms in total. The average molecular weight is 285 g/mol. The van der Waals surface area contributed by atoms with Crippen molar-refractivity contribution in [3.05, 3.63) is 46.6 Å². The maximum absolute atomic E-state index is 5.85. The van der Waals surface area contributed by atoms with Crippen molar-refractivity contribution >= 4 is 27.2 Å². The second kappa shape index (κ2) is 5.09. The molecule has 0 spiro atoms. The molecule has 5 heteroatoms. The van der Waals surface area contributed by atoms with Crippen LogP contribution < -0.4 is 10.5 Å². The first-order valence-electron chi connectivity index (χ1n) is 6.33. The van der Waals surface area contributed by atoms with Gasteiger partial charge in [0.15, 0.2) is 0 Å². The van der Waals surface area contributed by atoms with Gasteiger partial charge in [-0.1, -0.05) is 12.1 Å². The number of hydrogen-bond donors (Lipinski definition) is 1. The highest BCUT2D eigenvalue weighted by Crippen LogP contribution is 2.33. The summed E-state index contributed by atoms with van der Waals surface area (Å²) in [5.74, 6) is 0.647. The molecule has 0 unspecified atom stereocenters. The van der Waals surface area contributed by atoms with Crippen LogP contribution in [0.4, 0.5) is 5.69 Å². The molecule has 2 aromatic heterocycles. The third kappa shape index (κ3) is 2.32. The van der Waals surface area contributed by atoms with Gasteiger partial charge in [0.05, 0.1) is 5.39 Å². The minimum Gasteiger partial charge on any atom is -0.472 e. The molecule has 0 aliphatic carbocycles. The summed E-state index contributed by atoms with van der Waals surface area (Å²) in [6, 6.07) is 7.65. The van der Waals surface area contributed by atoms with E-state index in [1.165, 1.54) is 10.4 Å². The first kappa shape index (κ1) is 12.9. The summed E-state index contributed by atoms with van der Waals surface area (Å²) in [5.41, 5.74) is 8.68. The number of thiophene rings is 1. The molecule has 2 N–H and O–H groups in total. The number of benzene rings is 1. The molecule has 0 aliphatic rings. The zero-order chi connectivity index (χ0) is 14.1. The Bertz CT molecular complexity index is 750. The molecule has 3 rings (SSSR count). The lowest BCUT2D eigenvalue weighted by Gasteiger charge is -2.07. The topological polar surface area (TPSA) is 61.0 Å². The number of nitrogens with zero attached hydrogens (tertiary/aromatic N) is 2. The molecule has 0 radical (unpaired) electrons. The summed E-state index contributed by atoms with van der Waals surface area (Å²) < 4.78 is 5.85. The highest BCUT2D eigenvalue weighted by Gasteiger charge is 2.12. The smallest absolute Gasteiger partial charge is 0.225 e. The number of hydrogen-bond acceptors (Lipinski definition) is 5. The van der Waals surface area contributed by atoms with E-state index in [4.69, 9.17) is 10.5 Å². The molecule has 0 fully saturated rings. The van der Waals surface area contributed by atoms with Gasteiger partial charge in [-0.25, -0.2) is 9.97 Å². The first-order valence-corrected chi connectivity index (χ1v) is 7.14. The largest absolute Gasteiger partial charge is 0.472 e. The van der Waals surface area contributed by atoms with Crippen molar-refractivity contribution in [3.8, 4) is 5.88 Å². The van der Waals surface area contributed by atoms with Crippen LogP contribution in [-0.4, -0.2) is 9.97 Å². The van der Waals surface area contributed by atoms with Gasteiger partial charge in [-0.3, -0.25) is 0 Å². The monoisotopic (exact) mass is 285 g/mol. The van der Waals surface area contributed by atoms with E-state index in [-0.39, 0.29) is 0 Å². The van der Waals surface area contributed by atoms with Crippen LogP contribution in [0.3, 0.4) is 0 Å². The first-order chi connectivity index (χ1) is 9.65. The standard InChI is InChI=1S/C15H15N3OS/c1-9-10(2)20-15-13(9)14(17-8-18-15)19-7-11-3-5-12(16)6-4-11/h3-6,8H,7,16H2,1-2H3.